The van der Waals surface area contributed by atoms with Crippen molar-refractivity contribution in [3.05, 3.63) is 54.1 Å². The van der Waals surface area contributed by atoms with Crippen molar-refractivity contribution < 1.29 is 30.0 Å². The zero-order valence-electron chi connectivity index (χ0n) is 14.6. The molecule has 2 aromatic carbocycles. The second-order valence-electron chi connectivity index (χ2n) is 6.61. The fraction of sp³-hybridized carbons (Fsp3) is 0.333. The first kappa shape index (κ1) is 20.7. The highest BCUT2D eigenvalue weighted by Gasteiger charge is 2.32. The zero-order valence-corrected chi connectivity index (χ0v) is 16.2. The monoisotopic (exact) mass is 433 g/mol. The Labute approximate surface area is 161 Å². The van der Waals surface area contributed by atoms with E-state index in [1.165, 1.54) is 24.3 Å². The SMILES string of the molecule is O=S(=O)(Nc1ccc(S(=O)(=O)C2CCCC2)cc1)c1cccc(C(F)(F)F)c1. The number of hydrogen-bond acceptors (Lipinski definition) is 4. The lowest BCUT2D eigenvalue weighted by Crippen LogP contribution is -2.18. The third kappa shape index (κ3) is 4.33. The van der Waals surface area contributed by atoms with Crippen LogP contribution in [0.4, 0.5) is 18.9 Å². The Kier molecular flexibility index (Phi) is 5.46. The van der Waals surface area contributed by atoms with E-state index in [1.54, 1.807) is 0 Å². The van der Waals surface area contributed by atoms with E-state index in [4.69, 9.17) is 0 Å². The van der Waals surface area contributed by atoms with Crippen LogP contribution in [0.5, 0.6) is 0 Å². The lowest BCUT2D eigenvalue weighted by Gasteiger charge is -2.13. The Bertz CT molecular complexity index is 1060. The number of anilines is 1. The van der Waals surface area contributed by atoms with E-state index < -0.39 is 41.7 Å². The van der Waals surface area contributed by atoms with Crippen LogP contribution in [0, 0.1) is 0 Å². The summed E-state index contributed by atoms with van der Waals surface area (Å²) in [5.74, 6) is 0. The molecule has 3 rings (SSSR count). The maximum Gasteiger partial charge on any atom is 0.416 e. The number of halogens is 3. The maximum atomic E-state index is 12.8. The molecule has 0 atom stereocenters. The molecule has 0 bridgehead atoms. The summed E-state index contributed by atoms with van der Waals surface area (Å²) in [5.41, 5.74) is -1.02. The van der Waals surface area contributed by atoms with Crippen LogP contribution in [0.2, 0.25) is 0 Å². The van der Waals surface area contributed by atoms with Gasteiger partial charge < -0.3 is 0 Å². The third-order valence-electron chi connectivity index (χ3n) is 4.65. The molecule has 2 aromatic rings. The number of rotatable bonds is 5. The molecule has 0 unspecified atom stereocenters. The fourth-order valence-electron chi connectivity index (χ4n) is 3.16. The normalized spacial score (nSPS) is 16.2. The minimum Gasteiger partial charge on any atom is -0.280 e. The predicted molar refractivity (Wildman–Crippen MR) is 98.1 cm³/mol. The number of nitrogens with one attached hydrogen (secondary N) is 1. The van der Waals surface area contributed by atoms with Crippen molar-refractivity contribution in [3.8, 4) is 0 Å². The molecule has 1 aliphatic carbocycles. The summed E-state index contributed by atoms with van der Waals surface area (Å²) in [6.07, 6.45) is -1.74. The van der Waals surface area contributed by atoms with Gasteiger partial charge in [-0.05, 0) is 55.3 Å². The molecule has 5 nitrogen and oxygen atoms in total. The van der Waals surface area contributed by atoms with E-state index in [0.29, 0.717) is 18.9 Å². The van der Waals surface area contributed by atoms with Gasteiger partial charge in [-0.1, -0.05) is 18.9 Å². The average molecular weight is 433 g/mol. The quantitative estimate of drug-likeness (QED) is 0.766. The van der Waals surface area contributed by atoms with Crippen molar-refractivity contribution in [1.29, 1.82) is 0 Å². The minimum atomic E-state index is -4.66. The van der Waals surface area contributed by atoms with E-state index in [0.717, 1.165) is 31.0 Å². The molecule has 0 aromatic heterocycles. The van der Waals surface area contributed by atoms with Crippen molar-refractivity contribution >= 4 is 25.5 Å². The number of alkyl halides is 3. The van der Waals surface area contributed by atoms with Crippen LogP contribution >= 0.6 is 0 Å². The minimum absolute atomic E-state index is 0.0581. The molecular weight excluding hydrogens is 415 g/mol. The molecule has 10 heteroatoms. The number of sulfone groups is 1. The third-order valence-corrected chi connectivity index (χ3v) is 8.31. The first-order chi connectivity index (χ1) is 13.0. The first-order valence-electron chi connectivity index (χ1n) is 8.54. The highest BCUT2D eigenvalue weighted by molar-refractivity contribution is 7.92. The van der Waals surface area contributed by atoms with Gasteiger partial charge in [-0.3, -0.25) is 4.72 Å². The summed E-state index contributed by atoms with van der Waals surface area (Å²) in [5, 5.41) is -0.430. The van der Waals surface area contributed by atoms with Gasteiger partial charge in [-0.2, -0.15) is 13.2 Å². The van der Waals surface area contributed by atoms with Crippen LogP contribution in [-0.2, 0) is 26.0 Å². The van der Waals surface area contributed by atoms with Gasteiger partial charge in [-0.25, -0.2) is 16.8 Å². The summed E-state index contributed by atoms with van der Waals surface area (Å²) in [6, 6.07) is 8.56. The smallest absolute Gasteiger partial charge is 0.280 e. The van der Waals surface area contributed by atoms with Gasteiger partial charge in [0.25, 0.3) is 10.0 Å². The number of hydrogen-bond donors (Lipinski definition) is 1. The van der Waals surface area contributed by atoms with Gasteiger partial charge in [0.1, 0.15) is 0 Å². The van der Waals surface area contributed by atoms with Crippen molar-refractivity contribution in [3.63, 3.8) is 0 Å². The van der Waals surface area contributed by atoms with Crippen LogP contribution in [0.15, 0.2) is 58.3 Å². The topological polar surface area (TPSA) is 80.3 Å². The van der Waals surface area contributed by atoms with E-state index in [9.17, 15) is 30.0 Å². The highest BCUT2D eigenvalue weighted by atomic mass is 32.2. The summed E-state index contributed by atoms with van der Waals surface area (Å²) in [7, 11) is -7.74. The molecule has 28 heavy (non-hydrogen) atoms. The lowest BCUT2D eigenvalue weighted by molar-refractivity contribution is -0.137. The van der Waals surface area contributed by atoms with Gasteiger partial charge in [0.15, 0.2) is 9.84 Å². The molecule has 0 radical (unpaired) electrons. The fourth-order valence-corrected chi connectivity index (χ4v) is 6.12. The van der Waals surface area contributed by atoms with E-state index in [1.807, 2.05) is 0 Å². The largest absolute Gasteiger partial charge is 0.416 e. The average Bonchev–Trinajstić information content (AvgIpc) is 3.17. The van der Waals surface area contributed by atoms with Crippen LogP contribution in [0.1, 0.15) is 31.2 Å². The lowest BCUT2D eigenvalue weighted by atomic mass is 10.2. The van der Waals surface area contributed by atoms with E-state index in [2.05, 4.69) is 4.72 Å². The maximum absolute atomic E-state index is 12.8. The molecule has 0 heterocycles. The molecule has 1 N–H and O–H groups in total. The van der Waals surface area contributed by atoms with Gasteiger partial charge in [0.2, 0.25) is 0 Å². The zero-order chi connectivity index (χ0) is 20.6. The summed E-state index contributed by atoms with van der Waals surface area (Å²) >= 11 is 0. The van der Waals surface area contributed by atoms with Crippen molar-refractivity contribution in [1.82, 2.24) is 0 Å². The standard InChI is InChI=1S/C18H18F3NO4S2/c19-18(20,21)13-4-3-7-17(12-13)28(25,26)22-14-8-10-16(11-9-14)27(23,24)15-5-1-2-6-15/h3-4,7-12,15,22H,1-2,5-6H2. The molecule has 1 aliphatic rings. The second-order valence-corrected chi connectivity index (χ2v) is 10.5. The molecule has 1 saturated carbocycles. The summed E-state index contributed by atoms with van der Waals surface area (Å²) < 4.78 is 90.4. The Balaban J connectivity index is 1.82. The molecular formula is C18H18F3NO4S2. The molecule has 1 fully saturated rings. The molecule has 152 valence electrons. The summed E-state index contributed by atoms with van der Waals surface area (Å²) in [6.45, 7) is 0. The number of benzene rings is 2. The molecule has 0 aliphatic heterocycles. The van der Waals surface area contributed by atoms with E-state index >= 15 is 0 Å². The van der Waals surface area contributed by atoms with Crippen molar-refractivity contribution in [2.75, 3.05) is 4.72 Å². The van der Waals surface area contributed by atoms with Crippen molar-refractivity contribution in [2.24, 2.45) is 0 Å². The van der Waals surface area contributed by atoms with Gasteiger partial charge >= 0.3 is 6.18 Å². The Morgan fingerprint density at radius 3 is 2.04 bits per heavy atom. The van der Waals surface area contributed by atoms with Crippen molar-refractivity contribution in [2.45, 2.75) is 46.9 Å². The first-order valence-corrected chi connectivity index (χ1v) is 11.6. The van der Waals surface area contributed by atoms with Gasteiger partial charge in [0.05, 0.1) is 20.6 Å². The second kappa shape index (κ2) is 7.40. The Morgan fingerprint density at radius 1 is 0.857 bits per heavy atom. The van der Waals surface area contributed by atoms with Crippen LogP contribution in [-0.4, -0.2) is 22.1 Å². The van der Waals surface area contributed by atoms with E-state index in [-0.39, 0.29) is 10.6 Å². The van der Waals surface area contributed by atoms with Gasteiger partial charge in [0, 0.05) is 5.69 Å². The van der Waals surface area contributed by atoms with Crippen LogP contribution in [0.25, 0.3) is 0 Å². The molecule has 0 saturated heterocycles. The van der Waals surface area contributed by atoms with Crippen LogP contribution < -0.4 is 4.72 Å². The predicted octanol–water partition coefficient (Wildman–Crippen LogP) is 4.22. The summed E-state index contributed by atoms with van der Waals surface area (Å²) in [4.78, 5) is -0.439. The molecule has 0 amide bonds. The number of sulfonamides is 1. The molecule has 0 spiro atoms. The van der Waals surface area contributed by atoms with Gasteiger partial charge in [-0.15, -0.1) is 0 Å². The Morgan fingerprint density at radius 2 is 1.46 bits per heavy atom. The van der Waals surface area contributed by atoms with Crippen LogP contribution in [0.3, 0.4) is 0 Å². The Hall–Kier alpha value is -2.07. The highest BCUT2D eigenvalue weighted by Crippen LogP contribution is 2.32.